The molecule has 64 valence electrons. The Morgan fingerprint density at radius 1 is 1.36 bits per heavy atom. The molecule has 2 heteroatoms. The molecule has 3 N–H and O–H groups in total. The van der Waals surface area contributed by atoms with Gasteiger partial charge in [-0.1, -0.05) is 6.92 Å². The lowest BCUT2D eigenvalue weighted by molar-refractivity contribution is 0.0353. The first-order valence-electron chi connectivity index (χ1n) is 4.51. The normalized spacial score (nSPS) is 33.0. The third-order valence-corrected chi connectivity index (χ3v) is 3.58. The van der Waals surface area contributed by atoms with Gasteiger partial charge in [0, 0.05) is 12.0 Å². The van der Waals surface area contributed by atoms with E-state index in [1.54, 1.807) is 0 Å². The van der Waals surface area contributed by atoms with Crippen molar-refractivity contribution in [3.05, 3.63) is 0 Å². The van der Waals surface area contributed by atoms with Crippen LogP contribution in [-0.4, -0.2) is 17.8 Å². The molecule has 0 amide bonds. The van der Waals surface area contributed by atoms with Gasteiger partial charge in [0.25, 0.3) is 0 Å². The largest absolute Gasteiger partial charge is 0.392 e. The third kappa shape index (κ3) is 1.00. The summed E-state index contributed by atoms with van der Waals surface area (Å²) in [6.45, 7) is 2.84. The van der Waals surface area contributed by atoms with Crippen LogP contribution in [0.2, 0.25) is 0 Å². The molecule has 0 aromatic carbocycles. The smallest absolute Gasteiger partial charge is 0.0661 e. The number of rotatable bonds is 3. The molecular weight excluding hydrogens is 138 g/mol. The van der Waals surface area contributed by atoms with Crippen molar-refractivity contribution in [1.29, 1.82) is 0 Å². The van der Waals surface area contributed by atoms with E-state index < -0.39 is 0 Å². The number of aliphatic hydroxyl groups is 1. The molecule has 1 unspecified atom stereocenters. The molecule has 0 aliphatic heterocycles. The molecule has 0 spiro atoms. The predicted molar refractivity (Wildman–Crippen MR) is 44.1 cm³/mol. The molecule has 0 aromatic heterocycles. The lowest BCUT2D eigenvalue weighted by Crippen LogP contribution is -2.35. The zero-order valence-corrected chi connectivity index (χ0v) is 7.14. The fourth-order valence-corrected chi connectivity index (χ4v) is 1.96. The maximum absolute atomic E-state index is 9.96. The van der Waals surface area contributed by atoms with Gasteiger partial charge in [0.15, 0.2) is 0 Å². The Morgan fingerprint density at radius 3 is 2.18 bits per heavy atom. The first-order valence-corrected chi connectivity index (χ1v) is 4.51. The second kappa shape index (κ2) is 1.99. The van der Waals surface area contributed by atoms with Gasteiger partial charge >= 0.3 is 0 Å². The van der Waals surface area contributed by atoms with Gasteiger partial charge in [-0.05, 0) is 31.1 Å². The summed E-state index contributed by atoms with van der Waals surface area (Å²) >= 11 is 0. The third-order valence-electron chi connectivity index (χ3n) is 3.58. The highest BCUT2D eigenvalue weighted by molar-refractivity contribution is 5.09. The van der Waals surface area contributed by atoms with Crippen LogP contribution in [0, 0.1) is 10.8 Å². The minimum Gasteiger partial charge on any atom is -0.392 e. The first kappa shape index (κ1) is 7.56. The van der Waals surface area contributed by atoms with Crippen molar-refractivity contribution in [3.63, 3.8) is 0 Å². The van der Waals surface area contributed by atoms with Crippen molar-refractivity contribution < 1.29 is 5.11 Å². The molecule has 0 saturated heterocycles. The van der Waals surface area contributed by atoms with E-state index in [1.807, 2.05) is 0 Å². The molecule has 2 fully saturated rings. The molecule has 11 heavy (non-hydrogen) atoms. The molecule has 0 bridgehead atoms. The molecule has 2 rings (SSSR count). The van der Waals surface area contributed by atoms with E-state index in [-0.39, 0.29) is 16.9 Å². The summed E-state index contributed by atoms with van der Waals surface area (Å²) in [7, 11) is 0. The summed E-state index contributed by atoms with van der Waals surface area (Å²) in [5.41, 5.74) is 6.00. The molecule has 1 atom stereocenters. The van der Waals surface area contributed by atoms with Crippen LogP contribution in [0.1, 0.15) is 32.6 Å². The fraction of sp³-hybridized carbons (Fsp3) is 1.00. The van der Waals surface area contributed by atoms with Crippen LogP contribution in [0.15, 0.2) is 0 Å². The average molecular weight is 155 g/mol. The van der Waals surface area contributed by atoms with Gasteiger partial charge in [0.1, 0.15) is 0 Å². The Hall–Kier alpha value is -0.0800. The van der Waals surface area contributed by atoms with Crippen LogP contribution in [-0.2, 0) is 0 Å². The lowest BCUT2D eigenvalue weighted by atomic mass is 9.87. The van der Waals surface area contributed by atoms with E-state index in [0.29, 0.717) is 6.54 Å². The Kier molecular flexibility index (Phi) is 1.37. The van der Waals surface area contributed by atoms with E-state index in [1.165, 1.54) is 12.8 Å². The van der Waals surface area contributed by atoms with Gasteiger partial charge in [0.05, 0.1) is 6.10 Å². The summed E-state index contributed by atoms with van der Waals surface area (Å²) in [6.07, 6.45) is 4.53. The van der Waals surface area contributed by atoms with Gasteiger partial charge in [-0.3, -0.25) is 0 Å². The number of hydrogen-bond acceptors (Lipinski definition) is 2. The minimum atomic E-state index is -0.125. The predicted octanol–water partition coefficient (Wildman–Crippen LogP) is 0.886. The summed E-state index contributed by atoms with van der Waals surface area (Å²) in [6, 6.07) is 0. The molecular formula is C9H17NO. The van der Waals surface area contributed by atoms with Crippen molar-refractivity contribution in [2.75, 3.05) is 6.54 Å². The molecule has 0 radical (unpaired) electrons. The maximum Gasteiger partial charge on any atom is 0.0661 e. The fourth-order valence-electron chi connectivity index (χ4n) is 1.96. The van der Waals surface area contributed by atoms with Crippen LogP contribution in [0.4, 0.5) is 0 Å². The quantitative estimate of drug-likeness (QED) is 0.635. The Bertz CT molecular complexity index is 170. The minimum absolute atomic E-state index is 0.125. The van der Waals surface area contributed by atoms with Crippen molar-refractivity contribution in [2.24, 2.45) is 16.6 Å². The van der Waals surface area contributed by atoms with Crippen LogP contribution in [0.5, 0.6) is 0 Å². The zero-order chi connectivity index (χ0) is 8.11. The van der Waals surface area contributed by atoms with Crippen LogP contribution >= 0.6 is 0 Å². The molecule has 0 heterocycles. The summed E-state index contributed by atoms with van der Waals surface area (Å²) < 4.78 is 0. The molecule has 0 aromatic rings. The highest BCUT2D eigenvalue weighted by Crippen LogP contribution is 2.60. The Morgan fingerprint density at radius 2 is 1.91 bits per heavy atom. The summed E-state index contributed by atoms with van der Waals surface area (Å²) in [4.78, 5) is 0. The monoisotopic (exact) mass is 155 g/mol. The maximum atomic E-state index is 9.96. The summed E-state index contributed by atoms with van der Waals surface area (Å²) in [5, 5.41) is 9.96. The van der Waals surface area contributed by atoms with Crippen molar-refractivity contribution in [2.45, 2.75) is 38.7 Å². The average Bonchev–Trinajstić information content (AvgIpc) is 2.83. The molecule has 2 saturated carbocycles. The molecule has 2 aliphatic rings. The van der Waals surface area contributed by atoms with Gasteiger partial charge in [0.2, 0.25) is 0 Å². The topological polar surface area (TPSA) is 46.2 Å². The highest BCUT2D eigenvalue weighted by Gasteiger charge is 2.58. The number of aliphatic hydroxyl groups excluding tert-OH is 1. The SMILES string of the molecule is CC1(C(O)C2(CN)CC2)CC1. The van der Waals surface area contributed by atoms with Crippen LogP contribution in [0.3, 0.4) is 0 Å². The van der Waals surface area contributed by atoms with Gasteiger partial charge in [-0.2, -0.15) is 0 Å². The van der Waals surface area contributed by atoms with Gasteiger partial charge in [-0.25, -0.2) is 0 Å². The van der Waals surface area contributed by atoms with E-state index in [2.05, 4.69) is 6.92 Å². The summed E-state index contributed by atoms with van der Waals surface area (Å²) in [5.74, 6) is 0. The lowest BCUT2D eigenvalue weighted by Gasteiger charge is -2.26. The first-order chi connectivity index (χ1) is 5.13. The number of nitrogens with two attached hydrogens (primary N) is 1. The Labute approximate surface area is 67.8 Å². The zero-order valence-electron chi connectivity index (χ0n) is 7.14. The number of hydrogen-bond donors (Lipinski definition) is 2. The van der Waals surface area contributed by atoms with Gasteiger partial charge < -0.3 is 10.8 Å². The van der Waals surface area contributed by atoms with Gasteiger partial charge in [-0.15, -0.1) is 0 Å². The van der Waals surface area contributed by atoms with Crippen LogP contribution in [0.25, 0.3) is 0 Å². The van der Waals surface area contributed by atoms with E-state index in [4.69, 9.17) is 5.73 Å². The van der Waals surface area contributed by atoms with Crippen LogP contribution < -0.4 is 5.73 Å². The standard InChI is InChI=1S/C9H17NO/c1-8(2-3-8)7(11)9(6-10)4-5-9/h7,11H,2-6,10H2,1H3. The van der Waals surface area contributed by atoms with E-state index in [9.17, 15) is 5.11 Å². The van der Waals surface area contributed by atoms with E-state index in [0.717, 1.165) is 12.8 Å². The molecule has 2 nitrogen and oxygen atoms in total. The molecule has 2 aliphatic carbocycles. The highest BCUT2D eigenvalue weighted by atomic mass is 16.3. The second-order valence-electron chi connectivity index (χ2n) is 4.62. The Balaban J connectivity index is 2.04. The van der Waals surface area contributed by atoms with Crippen molar-refractivity contribution in [3.8, 4) is 0 Å². The van der Waals surface area contributed by atoms with Crippen molar-refractivity contribution in [1.82, 2.24) is 0 Å². The van der Waals surface area contributed by atoms with E-state index >= 15 is 0 Å². The van der Waals surface area contributed by atoms with Crippen molar-refractivity contribution >= 4 is 0 Å². The second-order valence-corrected chi connectivity index (χ2v) is 4.62.